The van der Waals surface area contributed by atoms with Gasteiger partial charge in [-0.2, -0.15) is 0 Å². The molecule has 104 valence electrons. The highest BCUT2D eigenvalue weighted by Gasteiger charge is 2.40. The van der Waals surface area contributed by atoms with E-state index < -0.39 is 0 Å². The van der Waals surface area contributed by atoms with Gasteiger partial charge >= 0.3 is 0 Å². The Labute approximate surface area is 119 Å². The Kier molecular flexibility index (Phi) is 3.09. The molecular weight excluding hydrogens is 248 g/mol. The maximum absolute atomic E-state index is 5.73. The Morgan fingerprint density at radius 3 is 2.40 bits per heavy atom. The average molecular weight is 268 g/mol. The minimum absolute atomic E-state index is 0.261. The number of fused-ring (bicyclic) bond motifs is 1. The summed E-state index contributed by atoms with van der Waals surface area (Å²) in [5.74, 6) is 2.66. The van der Waals surface area contributed by atoms with E-state index >= 15 is 0 Å². The van der Waals surface area contributed by atoms with Crippen LogP contribution in [0.25, 0.3) is 0 Å². The van der Waals surface area contributed by atoms with Crippen LogP contribution in [0, 0.1) is 11.8 Å². The van der Waals surface area contributed by atoms with Crippen LogP contribution in [-0.4, -0.2) is 31.1 Å². The van der Waals surface area contributed by atoms with Crippen LogP contribution in [0.5, 0.6) is 0 Å². The van der Waals surface area contributed by atoms with Gasteiger partial charge in [0.15, 0.2) is 0 Å². The maximum Gasteiger partial charge on any atom is 0.125 e. The largest absolute Gasteiger partial charge is 0.467 e. The van der Waals surface area contributed by atoms with Crippen LogP contribution in [-0.2, 0) is 0 Å². The SMILES string of the molecule is c1ccc(C(c2ccco2)N2C[C@H]3CNC[C@H]3C2)cc1. The van der Waals surface area contributed by atoms with Crippen molar-refractivity contribution in [3.05, 3.63) is 60.1 Å². The molecule has 20 heavy (non-hydrogen) atoms. The lowest BCUT2D eigenvalue weighted by Gasteiger charge is -2.27. The van der Waals surface area contributed by atoms with Gasteiger partial charge < -0.3 is 9.73 Å². The second-order valence-corrected chi connectivity index (χ2v) is 5.96. The minimum atomic E-state index is 0.261. The van der Waals surface area contributed by atoms with E-state index in [9.17, 15) is 0 Å². The Morgan fingerprint density at radius 1 is 1.00 bits per heavy atom. The number of furan rings is 1. The zero-order valence-corrected chi connectivity index (χ0v) is 11.5. The van der Waals surface area contributed by atoms with Crippen molar-refractivity contribution in [1.82, 2.24) is 10.2 Å². The monoisotopic (exact) mass is 268 g/mol. The minimum Gasteiger partial charge on any atom is -0.467 e. The highest BCUT2D eigenvalue weighted by Crippen LogP contribution is 2.36. The summed E-state index contributed by atoms with van der Waals surface area (Å²) in [6, 6.07) is 15.1. The second kappa shape index (κ2) is 5.08. The van der Waals surface area contributed by atoms with E-state index in [1.807, 2.05) is 6.07 Å². The molecule has 0 bridgehead atoms. The predicted octanol–water partition coefficient (Wildman–Crippen LogP) is 2.52. The van der Waals surface area contributed by atoms with Crippen LogP contribution in [0.1, 0.15) is 17.4 Å². The first-order valence-electron chi connectivity index (χ1n) is 7.45. The maximum atomic E-state index is 5.73. The number of nitrogens with one attached hydrogen (secondary N) is 1. The highest BCUT2D eigenvalue weighted by molar-refractivity contribution is 5.27. The molecule has 1 aromatic heterocycles. The van der Waals surface area contributed by atoms with Crippen LogP contribution in [0.3, 0.4) is 0 Å². The van der Waals surface area contributed by atoms with E-state index in [0.717, 1.165) is 30.7 Å². The molecule has 2 aromatic rings. The molecule has 2 aliphatic rings. The van der Waals surface area contributed by atoms with Crippen molar-refractivity contribution in [3.63, 3.8) is 0 Å². The van der Waals surface area contributed by atoms with Gasteiger partial charge in [0.1, 0.15) is 5.76 Å². The van der Waals surface area contributed by atoms with Crippen LogP contribution in [0.4, 0.5) is 0 Å². The molecule has 0 radical (unpaired) electrons. The van der Waals surface area contributed by atoms with Gasteiger partial charge in [0.25, 0.3) is 0 Å². The third-order valence-electron chi connectivity index (χ3n) is 4.71. The van der Waals surface area contributed by atoms with E-state index in [4.69, 9.17) is 4.42 Å². The summed E-state index contributed by atoms with van der Waals surface area (Å²) in [5, 5.41) is 3.51. The van der Waals surface area contributed by atoms with Crippen LogP contribution in [0.15, 0.2) is 53.1 Å². The fourth-order valence-electron chi connectivity index (χ4n) is 3.74. The molecule has 2 saturated heterocycles. The molecule has 0 saturated carbocycles. The van der Waals surface area contributed by atoms with Gasteiger partial charge in [-0.05, 0) is 42.6 Å². The number of hydrogen-bond acceptors (Lipinski definition) is 3. The third kappa shape index (κ3) is 2.07. The van der Waals surface area contributed by atoms with Crippen molar-refractivity contribution in [2.75, 3.05) is 26.2 Å². The molecule has 3 heterocycles. The molecule has 4 rings (SSSR count). The van der Waals surface area contributed by atoms with Gasteiger partial charge in [-0.15, -0.1) is 0 Å². The second-order valence-electron chi connectivity index (χ2n) is 5.96. The summed E-state index contributed by atoms with van der Waals surface area (Å²) in [6.45, 7) is 4.66. The molecule has 3 heteroatoms. The van der Waals surface area contributed by atoms with Crippen molar-refractivity contribution in [1.29, 1.82) is 0 Å². The van der Waals surface area contributed by atoms with Crippen molar-refractivity contribution >= 4 is 0 Å². The number of benzene rings is 1. The van der Waals surface area contributed by atoms with Crippen molar-refractivity contribution in [3.8, 4) is 0 Å². The van der Waals surface area contributed by atoms with E-state index in [0.29, 0.717) is 0 Å². The zero-order chi connectivity index (χ0) is 13.4. The van der Waals surface area contributed by atoms with Gasteiger partial charge in [-0.3, -0.25) is 4.90 Å². The van der Waals surface area contributed by atoms with Gasteiger partial charge in [0.2, 0.25) is 0 Å². The molecule has 1 unspecified atom stereocenters. The molecule has 3 nitrogen and oxygen atoms in total. The van der Waals surface area contributed by atoms with E-state index in [2.05, 4.69) is 46.6 Å². The first kappa shape index (κ1) is 12.2. The normalized spacial score (nSPS) is 27.6. The van der Waals surface area contributed by atoms with Gasteiger partial charge in [0, 0.05) is 13.1 Å². The van der Waals surface area contributed by atoms with Gasteiger partial charge in [-0.1, -0.05) is 30.3 Å². The Morgan fingerprint density at radius 2 is 1.75 bits per heavy atom. The quantitative estimate of drug-likeness (QED) is 0.927. The van der Waals surface area contributed by atoms with Gasteiger partial charge in [-0.25, -0.2) is 0 Å². The molecule has 0 spiro atoms. The lowest BCUT2D eigenvalue weighted by molar-refractivity contribution is 0.232. The van der Waals surface area contributed by atoms with E-state index in [1.54, 1.807) is 6.26 Å². The first-order valence-corrected chi connectivity index (χ1v) is 7.45. The van der Waals surface area contributed by atoms with Crippen LogP contribution >= 0.6 is 0 Å². The zero-order valence-electron chi connectivity index (χ0n) is 11.5. The lowest BCUT2D eigenvalue weighted by Crippen LogP contribution is -2.30. The molecule has 0 aliphatic carbocycles. The molecule has 2 aliphatic heterocycles. The lowest BCUT2D eigenvalue weighted by atomic mass is 10.0. The standard InChI is InChI=1S/C17H20N2O/c1-2-5-13(6-3-1)17(16-7-4-8-20-16)19-11-14-9-18-10-15(14)12-19/h1-8,14-15,17-18H,9-12H2/t14-,15+,17?. The van der Waals surface area contributed by atoms with Crippen molar-refractivity contribution in [2.45, 2.75) is 6.04 Å². The van der Waals surface area contributed by atoms with Crippen molar-refractivity contribution in [2.24, 2.45) is 11.8 Å². The van der Waals surface area contributed by atoms with Gasteiger partial charge in [0.05, 0.1) is 12.3 Å². The Bertz CT molecular complexity index is 540. The summed E-state index contributed by atoms with van der Waals surface area (Å²) in [7, 11) is 0. The smallest absolute Gasteiger partial charge is 0.125 e. The first-order chi connectivity index (χ1) is 9.92. The molecular formula is C17H20N2O. The average Bonchev–Trinajstić information content (AvgIpc) is 3.16. The fraction of sp³-hybridized carbons (Fsp3) is 0.412. The Balaban J connectivity index is 1.66. The summed E-state index contributed by atoms with van der Waals surface area (Å²) in [4.78, 5) is 2.59. The highest BCUT2D eigenvalue weighted by atomic mass is 16.3. The topological polar surface area (TPSA) is 28.4 Å². The molecule has 0 amide bonds. The number of hydrogen-bond donors (Lipinski definition) is 1. The predicted molar refractivity (Wildman–Crippen MR) is 78.4 cm³/mol. The summed E-state index contributed by atoms with van der Waals surface area (Å²) >= 11 is 0. The van der Waals surface area contributed by atoms with E-state index in [-0.39, 0.29) is 6.04 Å². The van der Waals surface area contributed by atoms with E-state index in [1.165, 1.54) is 18.7 Å². The number of likely N-dealkylation sites (tertiary alicyclic amines) is 1. The summed E-state index contributed by atoms with van der Waals surface area (Å²) in [6.07, 6.45) is 1.78. The summed E-state index contributed by atoms with van der Waals surface area (Å²) < 4.78 is 5.73. The third-order valence-corrected chi connectivity index (χ3v) is 4.71. The Hall–Kier alpha value is -1.58. The van der Waals surface area contributed by atoms with Crippen LogP contribution in [0.2, 0.25) is 0 Å². The molecule has 2 fully saturated rings. The molecule has 3 atom stereocenters. The number of rotatable bonds is 3. The van der Waals surface area contributed by atoms with Crippen LogP contribution < -0.4 is 5.32 Å². The molecule has 1 aromatic carbocycles. The fourth-order valence-corrected chi connectivity index (χ4v) is 3.74. The number of nitrogens with zero attached hydrogens (tertiary/aromatic N) is 1. The molecule has 1 N–H and O–H groups in total. The summed E-state index contributed by atoms with van der Waals surface area (Å²) in [5.41, 5.74) is 1.33. The van der Waals surface area contributed by atoms with Crippen molar-refractivity contribution < 1.29 is 4.42 Å².